The first-order valence-corrected chi connectivity index (χ1v) is 10.8. The van der Waals surface area contributed by atoms with Crippen molar-refractivity contribution in [2.45, 2.75) is 33.7 Å². The minimum absolute atomic E-state index is 0.107. The highest BCUT2D eigenvalue weighted by Crippen LogP contribution is 2.29. The summed E-state index contributed by atoms with van der Waals surface area (Å²) in [5.41, 5.74) is 3.14. The zero-order valence-electron chi connectivity index (χ0n) is 17.1. The Labute approximate surface area is 170 Å². The summed E-state index contributed by atoms with van der Waals surface area (Å²) < 4.78 is 25.5. The number of hydrogen-bond acceptors (Lipinski definition) is 5. The second-order valence-electron chi connectivity index (χ2n) is 7.10. The molecule has 0 aliphatic rings. The number of anilines is 1. The van der Waals surface area contributed by atoms with Crippen LogP contribution >= 0.6 is 0 Å². The van der Waals surface area contributed by atoms with Crippen molar-refractivity contribution in [1.82, 2.24) is 5.32 Å². The lowest BCUT2D eigenvalue weighted by Gasteiger charge is -2.25. The molecular formula is C20H25N3O5S. The van der Waals surface area contributed by atoms with E-state index in [9.17, 15) is 23.3 Å². The Balaban J connectivity index is 2.29. The monoisotopic (exact) mass is 419 g/mol. The number of sulfonamides is 1. The Morgan fingerprint density at radius 3 is 2.41 bits per heavy atom. The van der Waals surface area contributed by atoms with Crippen LogP contribution in [-0.4, -0.2) is 32.0 Å². The molecule has 0 bridgehead atoms. The molecule has 2 aromatic carbocycles. The largest absolute Gasteiger partial charge is 0.348 e. The fourth-order valence-electron chi connectivity index (χ4n) is 3.27. The van der Waals surface area contributed by atoms with E-state index in [2.05, 4.69) is 5.32 Å². The normalized spacial score (nSPS) is 12.3. The molecule has 0 unspecified atom stereocenters. The second-order valence-corrected chi connectivity index (χ2v) is 9.00. The van der Waals surface area contributed by atoms with Crippen LogP contribution in [0.3, 0.4) is 0 Å². The van der Waals surface area contributed by atoms with E-state index >= 15 is 0 Å². The van der Waals surface area contributed by atoms with Gasteiger partial charge in [0.1, 0.15) is 6.54 Å². The summed E-state index contributed by atoms with van der Waals surface area (Å²) in [5.74, 6) is -0.506. The van der Waals surface area contributed by atoms with Crippen LogP contribution in [0.1, 0.15) is 35.2 Å². The molecule has 2 rings (SSSR count). The van der Waals surface area contributed by atoms with Gasteiger partial charge in [-0.15, -0.1) is 0 Å². The molecule has 0 radical (unpaired) electrons. The van der Waals surface area contributed by atoms with Crippen LogP contribution in [0.4, 0.5) is 11.4 Å². The minimum Gasteiger partial charge on any atom is -0.348 e. The van der Waals surface area contributed by atoms with Crippen molar-refractivity contribution in [2.24, 2.45) is 0 Å². The van der Waals surface area contributed by atoms with Gasteiger partial charge in [-0.05, 0) is 44.9 Å². The molecule has 1 N–H and O–H groups in total. The van der Waals surface area contributed by atoms with E-state index < -0.39 is 27.4 Å². The van der Waals surface area contributed by atoms with Gasteiger partial charge in [0.2, 0.25) is 15.9 Å². The lowest BCUT2D eigenvalue weighted by atomic mass is 10.0. The average molecular weight is 420 g/mol. The van der Waals surface area contributed by atoms with Crippen molar-refractivity contribution in [3.8, 4) is 0 Å². The number of aryl methyl sites for hydroxylation is 2. The first-order chi connectivity index (χ1) is 13.4. The summed E-state index contributed by atoms with van der Waals surface area (Å²) in [5, 5.41) is 14.0. The van der Waals surface area contributed by atoms with Gasteiger partial charge in [-0.25, -0.2) is 8.42 Å². The molecule has 0 saturated carbocycles. The summed E-state index contributed by atoms with van der Waals surface area (Å²) in [6, 6.07) is 9.69. The zero-order valence-corrected chi connectivity index (χ0v) is 17.9. The van der Waals surface area contributed by atoms with Crippen LogP contribution in [0.5, 0.6) is 0 Å². The molecule has 0 aliphatic carbocycles. The number of carbonyl (C=O) groups is 1. The SMILES string of the molecule is Cc1ccc([C@H](C)NC(=O)CN(c2cccc([N+](=O)[O-])c2C)S(C)(=O)=O)c(C)c1. The molecular weight excluding hydrogens is 394 g/mol. The fourth-order valence-corrected chi connectivity index (χ4v) is 4.17. The van der Waals surface area contributed by atoms with Crippen molar-refractivity contribution in [3.05, 3.63) is 68.8 Å². The van der Waals surface area contributed by atoms with Crippen molar-refractivity contribution in [3.63, 3.8) is 0 Å². The number of rotatable bonds is 7. The van der Waals surface area contributed by atoms with Crippen LogP contribution in [0.15, 0.2) is 36.4 Å². The first-order valence-electron chi connectivity index (χ1n) is 9.00. The average Bonchev–Trinajstić information content (AvgIpc) is 2.58. The standard InChI is InChI=1S/C20H25N3O5S/c1-13-9-10-17(14(2)11-13)16(4)21-20(24)12-22(29(5,27)28)18-7-6-8-19(15(18)3)23(25)26/h6-11,16H,12H2,1-5H3,(H,21,24)/t16-/m0/s1. The van der Waals surface area contributed by atoms with Gasteiger partial charge in [0.05, 0.1) is 28.5 Å². The number of carbonyl (C=O) groups excluding carboxylic acids is 1. The smallest absolute Gasteiger partial charge is 0.274 e. The third-order valence-corrected chi connectivity index (χ3v) is 5.83. The lowest BCUT2D eigenvalue weighted by molar-refractivity contribution is -0.385. The van der Waals surface area contributed by atoms with E-state index in [4.69, 9.17) is 0 Å². The molecule has 8 nitrogen and oxygen atoms in total. The number of hydrogen-bond donors (Lipinski definition) is 1. The molecule has 2 aromatic rings. The molecule has 0 fully saturated rings. The Bertz CT molecular complexity index is 1050. The third kappa shape index (κ3) is 5.32. The molecule has 1 atom stereocenters. The van der Waals surface area contributed by atoms with Gasteiger partial charge in [-0.3, -0.25) is 19.2 Å². The summed E-state index contributed by atoms with van der Waals surface area (Å²) in [6.45, 7) is 6.72. The van der Waals surface area contributed by atoms with E-state index in [1.54, 1.807) is 0 Å². The maximum absolute atomic E-state index is 12.6. The topological polar surface area (TPSA) is 110 Å². The quantitative estimate of drug-likeness (QED) is 0.548. The van der Waals surface area contributed by atoms with Crippen LogP contribution in [0.2, 0.25) is 0 Å². The molecule has 0 spiro atoms. The van der Waals surface area contributed by atoms with E-state index in [1.807, 2.05) is 39.0 Å². The number of nitrogens with zero attached hydrogens (tertiary/aromatic N) is 2. The summed E-state index contributed by atoms with van der Waals surface area (Å²) >= 11 is 0. The maximum atomic E-state index is 12.6. The number of nitro groups is 1. The maximum Gasteiger partial charge on any atom is 0.274 e. The predicted molar refractivity (Wildman–Crippen MR) is 112 cm³/mol. The van der Waals surface area contributed by atoms with Gasteiger partial charge in [-0.1, -0.05) is 29.8 Å². The third-order valence-electron chi connectivity index (χ3n) is 4.70. The number of amides is 1. The second kappa shape index (κ2) is 8.60. The van der Waals surface area contributed by atoms with Gasteiger partial charge >= 0.3 is 0 Å². The van der Waals surface area contributed by atoms with Crippen molar-refractivity contribution >= 4 is 27.3 Å². The number of nitrogens with one attached hydrogen (secondary N) is 1. The van der Waals surface area contributed by atoms with Crippen LogP contribution in [-0.2, 0) is 14.8 Å². The molecule has 0 aromatic heterocycles. The number of benzene rings is 2. The summed E-state index contributed by atoms with van der Waals surface area (Å²) in [4.78, 5) is 23.2. The Morgan fingerprint density at radius 2 is 1.86 bits per heavy atom. The molecule has 1 amide bonds. The zero-order chi connectivity index (χ0) is 21.9. The van der Waals surface area contributed by atoms with Gasteiger partial charge in [-0.2, -0.15) is 0 Å². The van der Waals surface area contributed by atoms with Crippen LogP contribution in [0, 0.1) is 30.9 Å². The van der Waals surface area contributed by atoms with Crippen molar-refractivity contribution in [1.29, 1.82) is 0 Å². The highest BCUT2D eigenvalue weighted by atomic mass is 32.2. The Kier molecular flexibility index (Phi) is 6.63. The molecule has 29 heavy (non-hydrogen) atoms. The van der Waals surface area contributed by atoms with E-state index in [-0.39, 0.29) is 23.0 Å². The van der Waals surface area contributed by atoms with E-state index in [0.29, 0.717) is 0 Å². The fraction of sp³-hybridized carbons (Fsp3) is 0.350. The van der Waals surface area contributed by atoms with Crippen LogP contribution < -0.4 is 9.62 Å². The lowest BCUT2D eigenvalue weighted by Crippen LogP contribution is -2.41. The van der Waals surface area contributed by atoms with Gasteiger partial charge in [0.15, 0.2) is 0 Å². The van der Waals surface area contributed by atoms with Gasteiger partial charge in [0.25, 0.3) is 5.69 Å². The van der Waals surface area contributed by atoms with Crippen molar-refractivity contribution in [2.75, 3.05) is 17.1 Å². The van der Waals surface area contributed by atoms with Gasteiger partial charge in [0, 0.05) is 6.07 Å². The van der Waals surface area contributed by atoms with Crippen LogP contribution in [0.25, 0.3) is 0 Å². The highest BCUT2D eigenvalue weighted by Gasteiger charge is 2.26. The van der Waals surface area contributed by atoms with Crippen molar-refractivity contribution < 1.29 is 18.1 Å². The molecule has 0 heterocycles. The molecule has 156 valence electrons. The highest BCUT2D eigenvalue weighted by molar-refractivity contribution is 7.92. The van der Waals surface area contributed by atoms with E-state index in [1.165, 1.54) is 25.1 Å². The predicted octanol–water partition coefficient (Wildman–Crippen LogP) is 3.16. The number of nitro benzene ring substituents is 1. The summed E-state index contributed by atoms with van der Waals surface area (Å²) in [7, 11) is -3.84. The minimum atomic E-state index is -3.84. The molecule has 0 aliphatic heterocycles. The molecule has 0 saturated heterocycles. The summed E-state index contributed by atoms with van der Waals surface area (Å²) in [6.07, 6.45) is 0.964. The molecule has 9 heteroatoms. The van der Waals surface area contributed by atoms with Gasteiger partial charge < -0.3 is 5.32 Å². The Hall–Kier alpha value is -2.94. The first kappa shape index (κ1) is 22.4. The van der Waals surface area contributed by atoms with E-state index in [0.717, 1.165) is 27.3 Å². The Morgan fingerprint density at radius 1 is 1.21 bits per heavy atom.